The maximum Gasteiger partial charge on any atom is 0.410 e. The van der Waals surface area contributed by atoms with E-state index in [2.05, 4.69) is 0 Å². The first-order chi connectivity index (χ1) is 9.58. The Bertz CT molecular complexity index is 631. The Hall–Kier alpha value is -1.12. The summed E-state index contributed by atoms with van der Waals surface area (Å²) in [5.74, 6) is 0. The summed E-state index contributed by atoms with van der Waals surface area (Å²) in [6, 6.07) is 3.07. The smallest absolute Gasteiger partial charge is 0.410 e. The normalized spacial score (nSPS) is 19.8. The zero-order valence-electron chi connectivity index (χ0n) is 12.3. The molecule has 1 aromatic rings. The average Bonchev–Trinajstić information content (AvgIpc) is 2.94. The lowest BCUT2D eigenvalue weighted by Gasteiger charge is -2.28. The molecule has 2 N–H and O–H groups in total. The van der Waals surface area contributed by atoms with E-state index in [0.717, 1.165) is 29.1 Å². The lowest BCUT2D eigenvalue weighted by atomic mass is 10.2. The van der Waals surface area contributed by atoms with Gasteiger partial charge >= 0.3 is 6.09 Å². The van der Waals surface area contributed by atoms with E-state index in [-0.39, 0.29) is 16.3 Å². The van der Waals surface area contributed by atoms with Gasteiger partial charge in [0.15, 0.2) is 0 Å². The van der Waals surface area contributed by atoms with E-state index < -0.39 is 15.6 Å². The molecular formula is C13H20N2O4S2. The van der Waals surface area contributed by atoms with Crippen molar-refractivity contribution in [1.82, 2.24) is 4.90 Å². The van der Waals surface area contributed by atoms with Crippen LogP contribution in [0.25, 0.3) is 0 Å². The Kier molecular flexibility index (Phi) is 4.32. The number of ether oxygens (including phenoxy) is 1. The molecule has 2 heterocycles. The number of sulfonamides is 1. The number of hydrogen-bond acceptors (Lipinski definition) is 5. The van der Waals surface area contributed by atoms with Gasteiger partial charge in [0.2, 0.25) is 10.0 Å². The van der Waals surface area contributed by atoms with Gasteiger partial charge in [-0.05, 0) is 45.7 Å². The SMILES string of the molecule is CC(C)(C)OC(=O)N1CCCC1c1ccc(S(N)(=O)=O)s1. The molecule has 6 nitrogen and oxygen atoms in total. The van der Waals surface area contributed by atoms with Crippen molar-refractivity contribution in [2.75, 3.05) is 6.54 Å². The first-order valence-corrected chi connectivity index (χ1v) is 9.06. The Balaban J connectivity index is 2.19. The number of hydrogen-bond donors (Lipinski definition) is 1. The number of likely N-dealkylation sites (tertiary alicyclic amines) is 1. The van der Waals surface area contributed by atoms with Crippen LogP contribution in [0.3, 0.4) is 0 Å². The Morgan fingerprint density at radius 1 is 1.43 bits per heavy atom. The van der Waals surface area contributed by atoms with Gasteiger partial charge < -0.3 is 9.64 Å². The molecule has 0 spiro atoms. The van der Waals surface area contributed by atoms with Crippen LogP contribution in [-0.2, 0) is 14.8 Å². The molecule has 1 amide bonds. The van der Waals surface area contributed by atoms with Crippen molar-refractivity contribution in [2.24, 2.45) is 5.14 Å². The van der Waals surface area contributed by atoms with Gasteiger partial charge in [0.05, 0.1) is 6.04 Å². The van der Waals surface area contributed by atoms with Crippen molar-refractivity contribution >= 4 is 27.5 Å². The van der Waals surface area contributed by atoms with Crippen molar-refractivity contribution in [3.05, 3.63) is 17.0 Å². The van der Waals surface area contributed by atoms with Gasteiger partial charge in [0.25, 0.3) is 0 Å². The van der Waals surface area contributed by atoms with Crippen LogP contribution in [0.2, 0.25) is 0 Å². The van der Waals surface area contributed by atoms with E-state index in [1.54, 1.807) is 11.0 Å². The summed E-state index contributed by atoms with van der Waals surface area (Å²) in [5.41, 5.74) is -0.550. The van der Waals surface area contributed by atoms with Crippen LogP contribution >= 0.6 is 11.3 Å². The van der Waals surface area contributed by atoms with Gasteiger partial charge in [-0.15, -0.1) is 11.3 Å². The number of carbonyl (C=O) groups is 1. The van der Waals surface area contributed by atoms with Crippen molar-refractivity contribution in [1.29, 1.82) is 0 Å². The van der Waals surface area contributed by atoms with Gasteiger partial charge in [0.1, 0.15) is 9.81 Å². The Morgan fingerprint density at radius 2 is 2.10 bits per heavy atom. The van der Waals surface area contributed by atoms with Gasteiger partial charge in [0, 0.05) is 11.4 Å². The van der Waals surface area contributed by atoms with E-state index in [1.165, 1.54) is 6.07 Å². The zero-order chi connectivity index (χ0) is 15.8. The van der Waals surface area contributed by atoms with Crippen LogP contribution in [0, 0.1) is 0 Å². The number of primary sulfonamides is 1. The quantitative estimate of drug-likeness (QED) is 0.901. The van der Waals surface area contributed by atoms with Gasteiger partial charge in [-0.3, -0.25) is 0 Å². The molecule has 1 aliphatic heterocycles. The zero-order valence-corrected chi connectivity index (χ0v) is 14.0. The highest BCUT2D eigenvalue weighted by atomic mass is 32.2. The van der Waals surface area contributed by atoms with E-state index >= 15 is 0 Å². The molecule has 0 aliphatic carbocycles. The van der Waals surface area contributed by atoms with E-state index in [0.29, 0.717) is 6.54 Å². The third kappa shape index (κ3) is 3.96. The third-order valence-electron chi connectivity index (χ3n) is 3.09. The molecule has 1 unspecified atom stereocenters. The van der Waals surface area contributed by atoms with Gasteiger partial charge in [-0.1, -0.05) is 0 Å². The minimum Gasteiger partial charge on any atom is -0.444 e. The Morgan fingerprint density at radius 3 is 2.62 bits per heavy atom. The number of rotatable bonds is 2. The molecule has 118 valence electrons. The molecule has 1 atom stereocenters. The minimum atomic E-state index is -3.69. The average molecular weight is 332 g/mol. The molecule has 21 heavy (non-hydrogen) atoms. The second kappa shape index (κ2) is 5.58. The van der Waals surface area contributed by atoms with Crippen LogP contribution in [0.1, 0.15) is 44.5 Å². The van der Waals surface area contributed by atoms with Crippen LogP contribution in [0.4, 0.5) is 4.79 Å². The molecule has 1 saturated heterocycles. The van der Waals surface area contributed by atoms with Crippen LogP contribution < -0.4 is 5.14 Å². The topological polar surface area (TPSA) is 89.7 Å². The summed E-state index contributed by atoms with van der Waals surface area (Å²) in [4.78, 5) is 14.7. The van der Waals surface area contributed by atoms with Crippen molar-refractivity contribution in [3.8, 4) is 0 Å². The Labute approximate surface area is 128 Å². The van der Waals surface area contributed by atoms with E-state index in [9.17, 15) is 13.2 Å². The second-order valence-corrected chi connectivity index (χ2v) is 8.94. The van der Waals surface area contributed by atoms with Gasteiger partial charge in [-0.2, -0.15) is 0 Å². The number of thiophene rings is 1. The fraction of sp³-hybridized carbons (Fsp3) is 0.615. The first kappa shape index (κ1) is 16.3. The van der Waals surface area contributed by atoms with E-state index in [1.807, 2.05) is 20.8 Å². The molecule has 0 radical (unpaired) electrons. The molecular weight excluding hydrogens is 312 g/mol. The molecule has 0 saturated carbocycles. The monoisotopic (exact) mass is 332 g/mol. The molecule has 2 rings (SSSR count). The maximum atomic E-state index is 12.2. The summed E-state index contributed by atoms with van der Waals surface area (Å²) in [6.45, 7) is 6.07. The van der Waals surface area contributed by atoms with Crippen LogP contribution in [0.15, 0.2) is 16.3 Å². The summed E-state index contributed by atoms with van der Waals surface area (Å²) < 4.78 is 28.2. The third-order valence-corrected chi connectivity index (χ3v) is 5.72. The lowest BCUT2D eigenvalue weighted by molar-refractivity contribution is 0.0227. The largest absolute Gasteiger partial charge is 0.444 e. The summed E-state index contributed by atoms with van der Waals surface area (Å²) in [5, 5.41) is 5.12. The molecule has 0 bridgehead atoms. The number of nitrogens with two attached hydrogens (primary N) is 1. The van der Waals surface area contributed by atoms with Crippen molar-refractivity contribution in [2.45, 2.75) is 49.5 Å². The fourth-order valence-electron chi connectivity index (χ4n) is 2.27. The minimum absolute atomic E-state index is 0.119. The summed E-state index contributed by atoms with van der Waals surface area (Å²) in [6.07, 6.45) is 1.30. The predicted octanol–water partition coefficient (Wildman–Crippen LogP) is 2.47. The molecule has 1 aromatic heterocycles. The highest BCUT2D eigenvalue weighted by molar-refractivity contribution is 7.91. The highest BCUT2D eigenvalue weighted by Crippen LogP contribution is 2.37. The molecule has 1 fully saturated rings. The second-order valence-electron chi connectivity index (χ2n) is 6.03. The van der Waals surface area contributed by atoms with Crippen LogP contribution in [0.5, 0.6) is 0 Å². The molecule has 1 aliphatic rings. The molecule has 8 heteroatoms. The summed E-state index contributed by atoms with van der Waals surface area (Å²) >= 11 is 1.11. The maximum absolute atomic E-state index is 12.2. The van der Waals surface area contributed by atoms with E-state index in [4.69, 9.17) is 9.88 Å². The first-order valence-electron chi connectivity index (χ1n) is 6.70. The highest BCUT2D eigenvalue weighted by Gasteiger charge is 2.34. The fourth-order valence-corrected chi connectivity index (χ4v) is 4.16. The van der Waals surface area contributed by atoms with Crippen molar-refractivity contribution in [3.63, 3.8) is 0 Å². The number of nitrogens with zero attached hydrogens (tertiary/aromatic N) is 1. The van der Waals surface area contributed by atoms with Crippen molar-refractivity contribution < 1.29 is 17.9 Å². The van der Waals surface area contributed by atoms with Gasteiger partial charge in [-0.25, -0.2) is 18.4 Å². The number of carbonyl (C=O) groups excluding carboxylic acids is 1. The lowest BCUT2D eigenvalue weighted by Crippen LogP contribution is -2.36. The van der Waals surface area contributed by atoms with Crippen LogP contribution in [-0.4, -0.2) is 31.6 Å². The standard InChI is InChI=1S/C13H20N2O4S2/c1-13(2,3)19-12(16)15-8-4-5-9(15)10-6-7-11(20-10)21(14,17)18/h6-7,9H,4-5,8H2,1-3H3,(H2,14,17,18). The number of amides is 1. The summed E-state index contributed by atoms with van der Waals surface area (Å²) in [7, 11) is -3.69. The molecule has 0 aromatic carbocycles. The predicted molar refractivity (Wildman–Crippen MR) is 80.6 cm³/mol.